The molecule has 3 amide bonds. The van der Waals surface area contributed by atoms with Crippen molar-refractivity contribution in [2.45, 2.75) is 13.2 Å². The second-order valence-corrected chi connectivity index (χ2v) is 2.15. The van der Waals surface area contributed by atoms with Crippen molar-refractivity contribution < 1.29 is 14.0 Å². The van der Waals surface area contributed by atoms with Gasteiger partial charge in [0.2, 0.25) is 5.91 Å². The van der Waals surface area contributed by atoms with Gasteiger partial charge in [0.25, 0.3) is 0 Å². The third-order valence-corrected chi connectivity index (χ3v) is 1.36. The molecule has 1 saturated heterocycles. The summed E-state index contributed by atoms with van der Waals surface area (Å²) >= 11 is 0. The van der Waals surface area contributed by atoms with Crippen molar-refractivity contribution in [3.63, 3.8) is 0 Å². The van der Waals surface area contributed by atoms with E-state index in [1.807, 2.05) is 10.6 Å². The molecule has 5 heteroatoms. The summed E-state index contributed by atoms with van der Waals surface area (Å²) in [6.07, 6.45) is -1.55. The molecule has 0 aromatic rings. The fourth-order valence-electron chi connectivity index (χ4n) is 0.645. The molecular formula is C5H7FN2O2. The Hall–Kier alpha value is -1.13. The van der Waals surface area contributed by atoms with Gasteiger partial charge in [-0.2, -0.15) is 0 Å². The van der Waals surface area contributed by atoms with Crippen molar-refractivity contribution in [2.24, 2.45) is 5.92 Å². The molecule has 1 heterocycles. The van der Waals surface area contributed by atoms with E-state index >= 15 is 0 Å². The van der Waals surface area contributed by atoms with E-state index in [1.165, 1.54) is 6.92 Å². The van der Waals surface area contributed by atoms with Crippen molar-refractivity contribution in [1.82, 2.24) is 10.6 Å². The van der Waals surface area contributed by atoms with Crippen molar-refractivity contribution in [1.29, 1.82) is 0 Å². The van der Waals surface area contributed by atoms with E-state index in [0.717, 1.165) is 0 Å². The van der Waals surface area contributed by atoms with Crippen LogP contribution in [0, 0.1) is 5.92 Å². The Balaban J connectivity index is 2.66. The number of hydrogen-bond acceptors (Lipinski definition) is 2. The molecule has 0 bridgehead atoms. The van der Waals surface area contributed by atoms with Crippen LogP contribution in [0.2, 0.25) is 0 Å². The molecule has 4 nitrogen and oxygen atoms in total. The van der Waals surface area contributed by atoms with Crippen LogP contribution >= 0.6 is 0 Å². The van der Waals surface area contributed by atoms with Crippen LogP contribution < -0.4 is 10.6 Å². The highest BCUT2D eigenvalue weighted by Gasteiger charge is 2.31. The van der Waals surface area contributed by atoms with Crippen LogP contribution in [0.3, 0.4) is 0 Å². The van der Waals surface area contributed by atoms with E-state index in [0.29, 0.717) is 0 Å². The maximum atomic E-state index is 12.5. The molecule has 0 aliphatic carbocycles. The van der Waals surface area contributed by atoms with E-state index in [9.17, 15) is 14.0 Å². The van der Waals surface area contributed by atoms with E-state index < -0.39 is 24.2 Å². The standard InChI is InChI=1S/C5H7FN2O2/c1-2-3(6)7-5(10)8-4(2)9/h2-3H,1H3,(H2,7,8,9,10). The molecular weight excluding hydrogens is 139 g/mol. The maximum Gasteiger partial charge on any atom is 0.323 e. The highest BCUT2D eigenvalue weighted by molar-refractivity contribution is 5.98. The number of carbonyl (C=O) groups is 2. The van der Waals surface area contributed by atoms with Gasteiger partial charge in [-0.05, 0) is 6.92 Å². The van der Waals surface area contributed by atoms with Crippen molar-refractivity contribution in [2.75, 3.05) is 0 Å². The van der Waals surface area contributed by atoms with E-state index in [2.05, 4.69) is 0 Å². The Morgan fingerprint density at radius 1 is 1.50 bits per heavy atom. The highest BCUT2D eigenvalue weighted by atomic mass is 19.1. The minimum Gasteiger partial charge on any atom is -0.307 e. The average molecular weight is 146 g/mol. The molecule has 0 aromatic carbocycles. The van der Waals surface area contributed by atoms with Crippen molar-refractivity contribution >= 4 is 11.9 Å². The fraction of sp³-hybridized carbons (Fsp3) is 0.600. The topological polar surface area (TPSA) is 58.2 Å². The monoisotopic (exact) mass is 146 g/mol. The first-order valence-corrected chi connectivity index (χ1v) is 2.86. The molecule has 2 unspecified atom stereocenters. The van der Waals surface area contributed by atoms with Crippen LogP contribution in [0.5, 0.6) is 0 Å². The zero-order valence-electron chi connectivity index (χ0n) is 5.35. The Kier molecular flexibility index (Phi) is 1.57. The molecule has 2 atom stereocenters. The number of rotatable bonds is 0. The Morgan fingerprint density at radius 2 is 2.10 bits per heavy atom. The van der Waals surface area contributed by atoms with Crippen LogP contribution in [-0.2, 0) is 4.79 Å². The molecule has 0 spiro atoms. The maximum absolute atomic E-state index is 12.5. The number of urea groups is 1. The number of halogens is 1. The van der Waals surface area contributed by atoms with Gasteiger partial charge in [0.15, 0.2) is 6.30 Å². The van der Waals surface area contributed by atoms with E-state index in [4.69, 9.17) is 0 Å². The van der Waals surface area contributed by atoms with Gasteiger partial charge < -0.3 is 5.32 Å². The highest BCUT2D eigenvalue weighted by Crippen LogP contribution is 2.07. The summed E-state index contributed by atoms with van der Waals surface area (Å²) in [7, 11) is 0. The molecule has 1 rings (SSSR count). The predicted octanol–water partition coefficient (Wildman–Crippen LogP) is -0.242. The zero-order valence-corrected chi connectivity index (χ0v) is 5.35. The summed E-state index contributed by atoms with van der Waals surface area (Å²) in [4.78, 5) is 20.9. The van der Waals surface area contributed by atoms with Crippen molar-refractivity contribution in [3.05, 3.63) is 0 Å². The van der Waals surface area contributed by atoms with Crippen LogP contribution in [-0.4, -0.2) is 18.2 Å². The van der Waals surface area contributed by atoms with Crippen LogP contribution in [0.4, 0.5) is 9.18 Å². The SMILES string of the molecule is CC1C(=O)NC(=O)NC1F. The first-order valence-electron chi connectivity index (χ1n) is 2.86. The number of amides is 3. The third-order valence-electron chi connectivity index (χ3n) is 1.36. The smallest absolute Gasteiger partial charge is 0.307 e. The second-order valence-electron chi connectivity index (χ2n) is 2.15. The van der Waals surface area contributed by atoms with Crippen molar-refractivity contribution in [3.8, 4) is 0 Å². The van der Waals surface area contributed by atoms with Crippen LogP contribution in [0.15, 0.2) is 0 Å². The summed E-state index contributed by atoms with van der Waals surface area (Å²) in [5.41, 5.74) is 0. The summed E-state index contributed by atoms with van der Waals surface area (Å²) in [6, 6.07) is -0.768. The normalized spacial score (nSPS) is 33.0. The first-order chi connectivity index (χ1) is 4.61. The number of imide groups is 1. The number of carbonyl (C=O) groups excluding carboxylic acids is 2. The van der Waals surface area contributed by atoms with Crippen LogP contribution in [0.1, 0.15) is 6.92 Å². The molecule has 1 fully saturated rings. The summed E-state index contributed by atoms with van der Waals surface area (Å²) in [6.45, 7) is 1.40. The largest absolute Gasteiger partial charge is 0.323 e. The molecule has 0 aromatic heterocycles. The van der Waals surface area contributed by atoms with Gasteiger partial charge in [0.1, 0.15) is 0 Å². The summed E-state index contributed by atoms with van der Waals surface area (Å²) < 4.78 is 12.5. The van der Waals surface area contributed by atoms with E-state index in [1.54, 1.807) is 0 Å². The minimum atomic E-state index is -1.55. The quantitative estimate of drug-likeness (QED) is 0.463. The van der Waals surface area contributed by atoms with Crippen LogP contribution in [0.25, 0.3) is 0 Å². The second kappa shape index (κ2) is 2.24. The van der Waals surface area contributed by atoms with Gasteiger partial charge in [-0.1, -0.05) is 0 Å². The number of hydrogen-bond donors (Lipinski definition) is 2. The lowest BCUT2D eigenvalue weighted by Gasteiger charge is -2.22. The van der Waals surface area contributed by atoms with E-state index in [-0.39, 0.29) is 0 Å². The molecule has 2 N–H and O–H groups in total. The Labute approximate surface area is 56.8 Å². The Bertz CT molecular complexity index is 182. The van der Waals surface area contributed by atoms with Gasteiger partial charge >= 0.3 is 6.03 Å². The molecule has 0 saturated carbocycles. The fourth-order valence-corrected chi connectivity index (χ4v) is 0.645. The zero-order chi connectivity index (χ0) is 7.72. The molecule has 1 aliphatic heterocycles. The van der Waals surface area contributed by atoms with Gasteiger partial charge in [-0.15, -0.1) is 0 Å². The number of alkyl halides is 1. The third kappa shape index (κ3) is 1.07. The minimum absolute atomic E-state index is 0.573. The first kappa shape index (κ1) is 6.98. The lowest BCUT2D eigenvalue weighted by atomic mass is 10.1. The van der Waals surface area contributed by atoms with Gasteiger partial charge in [-0.25, -0.2) is 9.18 Å². The lowest BCUT2D eigenvalue weighted by Crippen LogP contribution is -2.55. The lowest BCUT2D eigenvalue weighted by molar-refractivity contribution is -0.126. The molecule has 56 valence electrons. The van der Waals surface area contributed by atoms with Gasteiger partial charge in [0.05, 0.1) is 5.92 Å². The summed E-state index contributed by atoms with van der Waals surface area (Å²) in [5.74, 6) is -1.37. The predicted molar refractivity (Wildman–Crippen MR) is 30.7 cm³/mol. The average Bonchev–Trinajstić information content (AvgIpc) is 1.82. The number of nitrogens with one attached hydrogen (secondary N) is 2. The molecule has 10 heavy (non-hydrogen) atoms. The Morgan fingerprint density at radius 3 is 2.60 bits per heavy atom. The van der Waals surface area contributed by atoms with Gasteiger partial charge in [0, 0.05) is 0 Å². The summed E-state index contributed by atoms with van der Waals surface area (Å²) in [5, 5.41) is 3.85. The molecule has 1 aliphatic rings. The van der Waals surface area contributed by atoms with Gasteiger partial charge in [-0.3, -0.25) is 10.1 Å². The molecule has 0 radical (unpaired) electrons.